The average molecular weight is 311 g/mol. The Balaban J connectivity index is 2.01. The summed E-state index contributed by atoms with van der Waals surface area (Å²) < 4.78 is 0. The maximum Gasteiger partial charge on any atom is 0.124 e. The molecular weight excluding hydrogens is 286 g/mol. The van der Waals surface area contributed by atoms with Crippen LogP contribution >= 0.6 is 0 Å². The monoisotopic (exact) mass is 311 g/mol. The zero-order valence-electron chi connectivity index (χ0n) is 14.2. The van der Waals surface area contributed by atoms with Gasteiger partial charge in [-0.2, -0.15) is 0 Å². The van der Waals surface area contributed by atoms with Gasteiger partial charge in [0.05, 0.1) is 11.7 Å². The van der Waals surface area contributed by atoms with Crippen LogP contribution in [0.5, 0.6) is 0 Å². The zero-order valence-corrected chi connectivity index (χ0v) is 14.2. The smallest absolute Gasteiger partial charge is 0.124 e. The summed E-state index contributed by atoms with van der Waals surface area (Å²) in [6.07, 6.45) is 3.23. The molecule has 1 aliphatic heterocycles. The molecule has 0 saturated carbocycles. The summed E-state index contributed by atoms with van der Waals surface area (Å²) in [6.45, 7) is 8.29. The fraction of sp³-hybridized carbons (Fsp3) is 0.421. The van der Waals surface area contributed by atoms with Gasteiger partial charge in [0, 0.05) is 30.0 Å². The molecule has 4 heteroatoms. The maximum absolute atomic E-state index is 10.2. The minimum atomic E-state index is -0.504. The Bertz CT molecular complexity index is 686. The standard InChI is InChI=1S/C19H25N3O/c1-12-9-16(11-20-10-12)21-19-13(2)14(3)22(15(4)23)18-8-6-5-7-17(18)19/h5-11,13-15,19,21,23H,1-4H3/t13-,14-,15?,19?/m0/s1. The van der Waals surface area contributed by atoms with Gasteiger partial charge >= 0.3 is 0 Å². The van der Waals surface area contributed by atoms with Gasteiger partial charge in [-0.15, -0.1) is 0 Å². The highest BCUT2D eigenvalue weighted by atomic mass is 16.3. The van der Waals surface area contributed by atoms with Crippen LogP contribution in [0, 0.1) is 12.8 Å². The Labute approximate surface area is 138 Å². The fourth-order valence-corrected chi connectivity index (χ4v) is 3.58. The topological polar surface area (TPSA) is 48.4 Å². The summed E-state index contributed by atoms with van der Waals surface area (Å²) in [5.74, 6) is 0.347. The number of nitrogens with zero attached hydrogens (tertiary/aromatic N) is 2. The van der Waals surface area contributed by atoms with Crippen LogP contribution in [0.1, 0.15) is 37.9 Å². The van der Waals surface area contributed by atoms with E-state index in [4.69, 9.17) is 0 Å². The zero-order chi connectivity index (χ0) is 16.6. The molecule has 122 valence electrons. The largest absolute Gasteiger partial charge is 0.377 e. The number of fused-ring (bicyclic) bond motifs is 1. The average Bonchev–Trinajstić information content (AvgIpc) is 2.51. The first-order chi connectivity index (χ1) is 11.0. The van der Waals surface area contributed by atoms with Crippen molar-refractivity contribution in [3.63, 3.8) is 0 Å². The number of anilines is 2. The first-order valence-electron chi connectivity index (χ1n) is 8.22. The lowest BCUT2D eigenvalue weighted by Gasteiger charge is -2.46. The molecule has 2 heterocycles. The molecule has 0 fully saturated rings. The molecule has 0 saturated heterocycles. The van der Waals surface area contributed by atoms with Crippen molar-refractivity contribution in [2.24, 2.45) is 5.92 Å². The van der Waals surface area contributed by atoms with Crippen LogP contribution in [0.2, 0.25) is 0 Å². The summed E-state index contributed by atoms with van der Waals surface area (Å²) in [7, 11) is 0. The Kier molecular flexibility index (Phi) is 4.26. The van der Waals surface area contributed by atoms with Crippen molar-refractivity contribution >= 4 is 11.4 Å². The van der Waals surface area contributed by atoms with E-state index in [1.165, 1.54) is 5.56 Å². The van der Waals surface area contributed by atoms with E-state index in [1.807, 2.05) is 32.3 Å². The Hall–Kier alpha value is -2.07. The number of aromatic nitrogens is 1. The van der Waals surface area contributed by atoms with Gasteiger partial charge in [-0.1, -0.05) is 25.1 Å². The van der Waals surface area contributed by atoms with Crippen molar-refractivity contribution in [3.05, 3.63) is 53.9 Å². The number of aryl methyl sites for hydroxylation is 1. The van der Waals surface area contributed by atoms with Crippen molar-refractivity contribution in [2.45, 2.75) is 46.0 Å². The molecule has 4 nitrogen and oxygen atoms in total. The normalized spacial score (nSPS) is 24.9. The maximum atomic E-state index is 10.2. The van der Waals surface area contributed by atoms with Crippen LogP contribution in [-0.4, -0.2) is 22.4 Å². The quantitative estimate of drug-likeness (QED) is 0.907. The highest BCUT2D eigenvalue weighted by molar-refractivity contribution is 5.61. The number of benzene rings is 1. The number of hydrogen-bond acceptors (Lipinski definition) is 4. The van der Waals surface area contributed by atoms with E-state index >= 15 is 0 Å². The highest BCUT2D eigenvalue weighted by Gasteiger charge is 2.37. The number of aliphatic hydroxyl groups excluding tert-OH is 1. The van der Waals surface area contributed by atoms with Gasteiger partial charge in [0.25, 0.3) is 0 Å². The molecule has 1 aromatic heterocycles. The van der Waals surface area contributed by atoms with Gasteiger partial charge in [0.15, 0.2) is 0 Å². The number of rotatable bonds is 3. The number of nitrogens with one attached hydrogen (secondary N) is 1. The second kappa shape index (κ2) is 6.20. The molecule has 2 unspecified atom stereocenters. The lowest BCUT2D eigenvalue weighted by atomic mass is 9.82. The molecule has 0 aliphatic carbocycles. The molecule has 1 aromatic carbocycles. The molecule has 23 heavy (non-hydrogen) atoms. The van der Waals surface area contributed by atoms with Crippen molar-refractivity contribution in [1.29, 1.82) is 0 Å². The van der Waals surface area contributed by atoms with Crippen LogP contribution in [0.15, 0.2) is 42.7 Å². The SMILES string of the molecule is Cc1cncc(NC2c3ccccc3N(C(C)O)[C@@H](C)[C@@H]2C)c1. The van der Waals surface area contributed by atoms with Crippen molar-refractivity contribution < 1.29 is 5.11 Å². The van der Waals surface area contributed by atoms with Crippen LogP contribution in [0.4, 0.5) is 11.4 Å². The Morgan fingerprint density at radius 1 is 1.22 bits per heavy atom. The molecular formula is C19H25N3O. The number of pyridine rings is 1. The van der Waals surface area contributed by atoms with Crippen LogP contribution in [-0.2, 0) is 0 Å². The van der Waals surface area contributed by atoms with Gasteiger partial charge in [-0.05, 0) is 44.0 Å². The third-order valence-electron chi connectivity index (χ3n) is 4.88. The number of aliphatic hydroxyl groups is 1. The summed E-state index contributed by atoms with van der Waals surface area (Å²) in [5.41, 5.74) is 4.51. The second-order valence-electron chi connectivity index (χ2n) is 6.57. The van der Waals surface area contributed by atoms with Gasteiger partial charge in [0.2, 0.25) is 0 Å². The molecule has 0 bridgehead atoms. The first kappa shape index (κ1) is 15.8. The van der Waals surface area contributed by atoms with Crippen LogP contribution in [0.3, 0.4) is 0 Å². The van der Waals surface area contributed by atoms with E-state index in [0.29, 0.717) is 5.92 Å². The minimum Gasteiger partial charge on any atom is -0.377 e. The predicted molar refractivity (Wildman–Crippen MR) is 94.6 cm³/mol. The van der Waals surface area contributed by atoms with Gasteiger partial charge in [-0.25, -0.2) is 0 Å². The van der Waals surface area contributed by atoms with E-state index < -0.39 is 6.23 Å². The Morgan fingerprint density at radius 3 is 2.65 bits per heavy atom. The van der Waals surface area contributed by atoms with Gasteiger partial charge in [-0.3, -0.25) is 4.98 Å². The van der Waals surface area contributed by atoms with Crippen LogP contribution in [0.25, 0.3) is 0 Å². The number of para-hydroxylation sites is 1. The van der Waals surface area contributed by atoms with Crippen molar-refractivity contribution in [2.75, 3.05) is 10.2 Å². The van der Waals surface area contributed by atoms with E-state index in [0.717, 1.165) is 16.9 Å². The summed E-state index contributed by atoms with van der Waals surface area (Å²) in [4.78, 5) is 6.38. The van der Waals surface area contributed by atoms with Crippen molar-refractivity contribution in [3.8, 4) is 0 Å². The third-order valence-corrected chi connectivity index (χ3v) is 4.88. The van der Waals surface area contributed by atoms with E-state index in [9.17, 15) is 5.11 Å². The van der Waals surface area contributed by atoms with E-state index in [1.54, 1.807) is 0 Å². The first-order valence-corrected chi connectivity index (χ1v) is 8.22. The van der Waals surface area contributed by atoms with Crippen LogP contribution < -0.4 is 10.2 Å². The van der Waals surface area contributed by atoms with E-state index in [-0.39, 0.29) is 12.1 Å². The third kappa shape index (κ3) is 2.91. The molecule has 0 amide bonds. The fourth-order valence-electron chi connectivity index (χ4n) is 3.58. The van der Waals surface area contributed by atoms with Gasteiger partial charge < -0.3 is 15.3 Å². The molecule has 2 N–H and O–H groups in total. The number of hydrogen-bond donors (Lipinski definition) is 2. The minimum absolute atomic E-state index is 0.194. The molecule has 4 atom stereocenters. The van der Waals surface area contributed by atoms with E-state index in [2.05, 4.69) is 53.3 Å². The lowest BCUT2D eigenvalue weighted by molar-refractivity contribution is 0.161. The molecule has 1 aliphatic rings. The van der Waals surface area contributed by atoms with Gasteiger partial charge in [0.1, 0.15) is 6.23 Å². The molecule has 0 spiro atoms. The lowest BCUT2D eigenvalue weighted by Crippen LogP contribution is -2.50. The predicted octanol–water partition coefficient (Wildman–Crippen LogP) is 3.73. The Morgan fingerprint density at radius 2 is 1.96 bits per heavy atom. The summed E-state index contributed by atoms with van der Waals surface area (Å²) in [5, 5.41) is 13.9. The second-order valence-corrected chi connectivity index (χ2v) is 6.57. The summed E-state index contributed by atoms with van der Waals surface area (Å²) in [6, 6.07) is 10.9. The molecule has 0 radical (unpaired) electrons. The summed E-state index contributed by atoms with van der Waals surface area (Å²) >= 11 is 0. The van der Waals surface area contributed by atoms with Crippen molar-refractivity contribution in [1.82, 2.24) is 4.98 Å². The molecule has 2 aromatic rings. The molecule has 3 rings (SSSR count). The highest BCUT2D eigenvalue weighted by Crippen LogP contribution is 2.42.